The summed E-state index contributed by atoms with van der Waals surface area (Å²) in [5.41, 5.74) is 3.57. The molecule has 5 unspecified atom stereocenters. The van der Waals surface area contributed by atoms with Gasteiger partial charge in [0.2, 0.25) is 0 Å². The number of nitrogens with one attached hydrogen (secondary N) is 1. The van der Waals surface area contributed by atoms with Gasteiger partial charge in [-0.2, -0.15) is 0 Å². The lowest BCUT2D eigenvalue weighted by Gasteiger charge is -2.51. The number of aryl methyl sites for hydroxylation is 1. The molecule has 5 nitrogen and oxygen atoms in total. The first-order valence-electron chi connectivity index (χ1n) is 13.5. The molecule has 1 heterocycles. The Morgan fingerprint density at radius 1 is 1.00 bits per heavy atom. The van der Waals surface area contributed by atoms with Gasteiger partial charge in [0.1, 0.15) is 5.75 Å². The number of ether oxygens (including phenoxy) is 1. The Kier molecular flexibility index (Phi) is 6.83. The predicted octanol–water partition coefficient (Wildman–Crippen LogP) is 5.98. The molecule has 0 spiro atoms. The van der Waals surface area contributed by atoms with Crippen molar-refractivity contribution in [3.8, 4) is 17.5 Å². The molecule has 2 fully saturated rings. The molecule has 3 aliphatic carbocycles. The lowest BCUT2D eigenvalue weighted by atomic mass is 9.55. The van der Waals surface area contributed by atoms with Crippen molar-refractivity contribution in [3.05, 3.63) is 41.5 Å². The molecule has 5 heteroatoms. The molecule has 2 saturated carbocycles. The Bertz CT molecular complexity index is 966. The number of benzene rings is 1. The third-order valence-corrected chi connectivity index (χ3v) is 9.57. The zero-order chi connectivity index (χ0) is 23.7. The first-order chi connectivity index (χ1) is 16.5. The average molecular weight is 467 g/mol. The van der Waals surface area contributed by atoms with E-state index in [1.54, 1.807) is 29.4 Å². The molecular weight excluding hydrogens is 424 g/mol. The van der Waals surface area contributed by atoms with Crippen molar-refractivity contribution < 1.29 is 14.9 Å². The van der Waals surface area contributed by atoms with Crippen molar-refractivity contribution in [2.75, 3.05) is 13.7 Å². The van der Waals surface area contributed by atoms with Crippen molar-refractivity contribution in [2.24, 2.45) is 17.3 Å². The lowest BCUT2D eigenvalue weighted by molar-refractivity contribution is 0.0412. The molecule has 5 atom stereocenters. The Labute approximate surface area is 204 Å². The van der Waals surface area contributed by atoms with Gasteiger partial charge in [-0.05, 0) is 104 Å². The van der Waals surface area contributed by atoms with Crippen LogP contribution in [-0.4, -0.2) is 34.5 Å². The monoisotopic (exact) mass is 466 g/mol. The SMILES string of the molecule is COc1ccc2c(c1)CCC1C2CCC2(C)C(NCCCCCCn3c(O)ccc3O)CCC12. The van der Waals surface area contributed by atoms with E-state index in [-0.39, 0.29) is 11.8 Å². The normalized spacial score (nSPS) is 29.9. The summed E-state index contributed by atoms with van der Waals surface area (Å²) in [6.07, 6.45) is 12.4. The van der Waals surface area contributed by atoms with Gasteiger partial charge in [-0.15, -0.1) is 0 Å². The number of hydrogen-bond acceptors (Lipinski definition) is 4. The number of methoxy groups -OCH3 is 1. The van der Waals surface area contributed by atoms with Crippen molar-refractivity contribution in [3.63, 3.8) is 0 Å². The maximum atomic E-state index is 9.74. The van der Waals surface area contributed by atoms with Crippen LogP contribution < -0.4 is 10.1 Å². The first-order valence-corrected chi connectivity index (χ1v) is 13.5. The summed E-state index contributed by atoms with van der Waals surface area (Å²) < 4.78 is 7.06. The fraction of sp³-hybridized carbons (Fsp3) is 0.655. The molecule has 0 aliphatic heterocycles. The molecule has 2 aromatic rings. The van der Waals surface area contributed by atoms with E-state index >= 15 is 0 Å². The molecule has 0 radical (unpaired) electrons. The molecule has 0 amide bonds. The summed E-state index contributed by atoms with van der Waals surface area (Å²) in [7, 11) is 1.77. The molecule has 3 aliphatic rings. The minimum Gasteiger partial charge on any atom is -0.497 e. The Morgan fingerprint density at radius 3 is 2.59 bits per heavy atom. The first kappa shape index (κ1) is 23.6. The Balaban J connectivity index is 1.09. The number of unbranched alkanes of at least 4 members (excludes halogenated alkanes) is 3. The molecule has 0 saturated heterocycles. The van der Waals surface area contributed by atoms with Gasteiger partial charge >= 0.3 is 0 Å². The van der Waals surface area contributed by atoms with Crippen molar-refractivity contribution in [1.29, 1.82) is 0 Å². The molecule has 34 heavy (non-hydrogen) atoms. The molecular formula is C29H42N2O3. The minimum atomic E-state index is 0.152. The van der Waals surface area contributed by atoms with E-state index in [1.165, 1.54) is 56.9 Å². The number of nitrogens with zero attached hydrogens (tertiary/aromatic N) is 1. The van der Waals surface area contributed by atoms with Gasteiger partial charge in [0.15, 0.2) is 11.8 Å². The van der Waals surface area contributed by atoms with Crippen molar-refractivity contribution in [2.45, 2.75) is 89.6 Å². The van der Waals surface area contributed by atoms with Crippen LogP contribution in [0.25, 0.3) is 0 Å². The van der Waals surface area contributed by atoms with Crippen LogP contribution in [0.1, 0.15) is 81.8 Å². The van der Waals surface area contributed by atoms with E-state index in [4.69, 9.17) is 4.74 Å². The smallest absolute Gasteiger partial charge is 0.193 e. The Morgan fingerprint density at radius 2 is 1.79 bits per heavy atom. The van der Waals surface area contributed by atoms with Gasteiger partial charge < -0.3 is 20.3 Å². The van der Waals surface area contributed by atoms with E-state index in [1.807, 2.05) is 0 Å². The van der Waals surface area contributed by atoms with Crippen molar-refractivity contribution >= 4 is 0 Å². The highest BCUT2D eigenvalue weighted by Gasteiger charge is 2.54. The van der Waals surface area contributed by atoms with Gasteiger partial charge in [0.25, 0.3) is 0 Å². The predicted molar refractivity (Wildman–Crippen MR) is 136 cm³/mol. The third-order valence-electron chi connectivity index (χ3n) is 9.57. The summed E-state index contributed by atoms with van der Waals surface area (Å²) in [6, 6.07) is 10.6. The third kappa shape index (κ3) is 4.32. The topological polar surface area (TPSA) is 66.7 Å². The number of fused-ring (bicyclic) bond motifs is 5. The van der Waals surface area contributed by atoms with Crippen LogP contribution in [0.3, 0.4) is 0 Å². The fourth-order valence-electron chi connectivity index (χ4n) is 7.72. The van der Waals surface area contributed by atoms with Gasteiger partial charge in [-0.3, -0.25) is 4.57 Å². The number of aromatic hydroxyl groups is 2. The molecule has 186 valence electrons. The van der Waals surface area contributed by atoms with E-state index in [2.05, 4.69) is 30.4 Å². The summed E-state index contributed by atoms with van der Waals surface area (Å²) in [5.74, 6) is 3.74. The second-order valence-corrected chi connectivity index (χ2v) is 11.2. The summed E-state index contributed by atoms with van der Waals surface area (Å²) in [4.78, 5) is 0. The van der Waals surface area contributed by atoms with E-state index in [0.717, 1.165) is 42.9 Å². The van der Waals surface area contributed by atoms with Crippen LogP contribution in [-0.2, 0) is 13.0 Å². The summed E-state index contributed by atoms with van der Waals surface area (Å²) in [5, 5.41) is 23.5. The van der Waals surface area contributed by atoms with Crippen LogP contribution in [0.2, 0.25) is 0 Å². The van der Waals surface area contributed by atoms with Gasteiger partial charge in [-0.25, -0.2) is 0 Å². The number of rotatable bonds is 9. The highest BCUT2D eigenvalue weighted by Crippen LogP contribution is 2.61. The molecule has 1 aromatic heterocycles. The average Bonchev–Trinajstić information content (AvgIpc) is 3.36. The summed E-state index contributed by atoms with van der Waals surface area (Å²) >= 11 is 0. The highest BCUT2D eigenvalue weighted by atomic mass is 16.5. The maximum absolute atomic E-state index is 9.74. The number of aromatic nitrogens is 1. The van der Waals surface area contributed by atoms with Gasteiger partial charge in [0, 0.05) is 24.7 Å². The van der Waals surface area contributed by atoms with Crippen LogP contribution >= 0.6 is 0 Å². The molecule has 1 aromatic carbocycles. The van der Waals surface area contributed by atoms with E-state index in [0.29, 0.717) is 18.0 Å². The van der Waals surface area contributed by atoms with Gasteiger partial charge in [-0.1, -0.05) is 25.8 Å². The minimum absolute atomic E-state index is 0.152. The zero-order valence-electron chi connectivity index (χ0n) is 20.9. The van der Waals surface area contributed by atoms with E-state index < -0.39 is 0 Å². The van der Waals surface area contributed by atoms with Crippen molar-refractivity contribution in [1.82, 2.24) is 9.88 Å². The van der Waals surface area contributed by atoms with E-state index in [9.17, 15) is 10.2 Å². The fourth-order valence-corrected chi connectivity index (χ4v) is 7.72. The largest absolute Gasteiger partial charge is 0.497 e. The lowest BCUT2D eigenvalue weighted by Crippen LogP contribution is -2.48. The Hall–Kier alpha value is -2.14. The van der Waals surface area contributed by atoms with Crippen LogP contribution in [0, 0.1) is 17.3 Å². The second kappa shape index (κ2) is 9.85. The van der Waals surface area contributed by atoms with Crippen LogP contribution in [0.4, 0.5) is 0 Å². The number of hydrogen-bond donors (Lipinski definition) is 3. The molecule has 3 N–H and O–H groups in total. The van der Waals surface area contributed by atoms with Crippen LogP contribution in [0.5, 0.6) is 17.5 Å². The maximum Gasteiger partial charge on any atom is 0.193 e. The molecule has 5 rings (SSSR count). The quantitative estimate of drug-likeness (QED) is 0.398. The standard InChI is InChI=1S/C29H42N2O3/c1-29-16-15-23-22-10-8-21(34-2)19-20(22)7-9-24(23)25(29)11-12-26(29)30-17-5-3-4-6-18-31-27(32)13-14-28(31)33/h8,10,13-14,19,23-26,30,32-33H,3-7,9,11-12,15-18H2,1-2H3. The molecule has 0 bridgehead atoms. The zero-order valence-corrected chi connectivity index (χ0v) is 20.9. The second-order valence-electron chi connectivity index (χ2n) is 11.2. The summed E-state index contributed by atoms with van der Waals surface area (Å²) in [6.45, 7) is 4.36. The highest BCUT2D eigenvalue weighted by molar-refractivity contribution is 5.40. The van der Waals surface area contributed by atoms with Gasteiger partial charge in [0.05, 0.1) is 7.11 Å². The van der Waals surface area contributed by atoms with Crippen LogP contribution in [0.15, 0.2) is 30.3 Å².